The van der Waals surface area contributed by atoms with Gasteiger partial charge in [0.05, 0.1) is 25.0 Å². The molecule has 0 bridgehead atoms. The quantitative estimate of drug-likeness (QED) is 0.738. The van der Waals surface area contributed by atoms with E-state index in [2.05, 4.69) is 4.72 Å². The van der Waals surface area contributed by atoms with Crippen LogP contribution in [0.1, 0.15) is 11.6 Å². The molecule has 0 heterocycles. The number of aliphatic hydroxyl groups is 1. The molecule has 1 unspecified atom stereocenters. The van der Waals surface area contributed by atoms with Crippen molar-refractivity contribution in [3.63, 3.8) is 0 Å². The molecule has 1 aromatic carbocycles. The van der Waals surface area contributed by atoms with Crippen LogP contribution in [0.25, 0.3) is 0 Å². The minimum Gasteiger partial charge on any atom is -0.394 e. The number of hydrogen-bond donors (Lipinski definition) is 2. The Morgan fingerprint density at radius 3 is 2.53 bits per heavy atom. The van der Waals surface area contributed by atoms with Crippen LogP contribution >= 0.6 is 0 Å². The van der Waals surface area contributed by atoms with Gasteiger partial charge in [0.2, 0.25) is 10.0 Å². The highest BCUT2D eigenvalue weighted by Gasteiger charge is 2.18. The zero-order valence-corrected chi connectivity index (χ0v) is 10.5. The van der Waals surface area contributed by atoms with Gasteiger partial charge in [0, 0.05) is 7.11 Å². The van der Waals surface area contributed by atoms with Crippen LogP contribution in [-0.2, 0) is 14.8 Å². The summed E-state index contributed by atoms with van der Waals surface area (Å²) in [5, 5.41) is 9.21. The summed E-state index contributed by atoms with van der Waals surface area (Å²) in [4.78, 5) is 0. The van der Waals surface area contributed by atoms with Crippen LogP contribution in [0.2, 0.25) is 0 Å². The maximum atomic E-state index is 11.6. The van der Waals surface area contributed by atoms with E-state index in [9.17, 15) is 13.5 Å². The number of aliphatic hydroxyl groups excluding tert-OH is 1. The van der Waals surface area contributed by atoms with Gasteiger partial charge in [0.15, 0.2) is 0 Å². The van der Waals surface area contributed by atoms with Crippen LogP contribution in [0.3, 0.4) is 0 Å². The van der Waals surface area contributed by atoms with Gasteiger partial charge < -0.3 is 9.84 Å². The van der Waals surface area contributed by atoms with Gasteiger partial charge in [-0.25, -0.2) is 13.1 Å². The minimum atomic E-state index is -3.44. The summed E-state index contributed by atoms with van der Waals surface area (Å²) >= 11 is 0. The first-order valence-corrected chi connectivity index (χ1v) is 6.89. The standard InChI is InChI=1S/C11H17NO4S/c1-16-7-8-17(14,15)12-11(9-13)10-5-3-2-4-6-10/h2-6,11-13H,7-9H2,1H3. The zero-order valence-electron chi connectivity index (χ0n) is 9.67. The molecule has 96 valence electrons. The molecule has 0 aromatic heterocycles. The Kier molecular flexibility index (Phi) is 5.57. The predicted molar refractivity (Wildman–Crippen MR) is 65.1 cm³/mol. The first kappa shape index (κ1) is 14.1. The summed E-state index contributed by atoms with van der Waals surface area (Å²) in [6, 6.07) is 8.33. The van der Waals surface area contributed by atoms with E-state index in [4.69, 9.17) is 4.74 Å². The molecule has 0 amide bonds. The van der Waals surface area contributed by atoms with Crippen LogP contribution in [0.5, 0.6) is 0 Å². The molecular formula is C11H17NO4S. The van der Waals surface area contributed by atoms with Crippen molar-refractivity contribution in [3.05, 3.63) is 35.9 Å². The largest absolute Gasteiger partial charge is 0.394 e. The molecule has 6 heteroatoms. The number of sulfonamides is 1. The van der Waals surface area contributed by atoms with Crippen LogP contribution in [0.15, 0.2) is 30.3 Å². The molecule has 1 aromatic rings. The lowest BCUT2D eigenvalue weighted by atomic mass is 10.1. The van der Waals surface area contributed by atoms with Crippen molar-refractivity contribution in [2.45, 2.75) is 6.04 Å². The molecule has 0 spiro atoms. The van der Waals surface area contributed by atoms with E-state index < -0.39 is 16.1 Å². The normalized spacial score (nSPS) is 13.5. The second-order valence-corrected chi connectivity index (χ2v) is 5.45. The Morgan fingerprint density at radius 1 is 1.35 bits per heavy atom. The Hall–Kier alpha value is -0.950. The molecule has 0 fully saturated rings. The third-order valence-electron chi connectivity index (χ3n) is 2.26. The lowest BCUT2D eigenvalue weighted by molar-refractivity contribution is 0.216. The van der Waals surface area contributed by atoms with Crippen molar-refractivity contribution >= 4 is 10.0 Å². The van der Waals surface area contributed by atoms with E-state index in [0.29, 0.717) is 0 Å². The van der Waals surface area contributed by atoms with Crippen molar-refractivity contribution in [3.8, 4) is 0 Å². The molecule has 0 aliphatic rings. The number of benzene rings is 1. The molecular weight excluding hydrogens is 242 g/mol. The highest BCUT2D eigenvalue weighted by atomic mass is 32.2. The van der Waals surface area contributed by atoms with E-state index in [-0.39, 0.29) is 19.0 Å². The van der Waals surface area contributed by atoms with Gasteiger partial charge in [-0.1, -0.05) is 30.3 Å². The Labute approximate surface area is 101 Å². The average molecular weight is 259 g/mol. The zero-order chi connectivity index (χ0) is 12.7. The SMILES string of the molecule is COCCS(=O)(=O)NC(CO)c1ccccc1. The maximum absolute atomic E-state index is 11.6. The molecule has 2 N–H and O–H groups in total. The second kappa shape index (κ2) is 6.70. The number of methoxy groups -OCH3 is 1. The van der Waals surface area contributed by atoms with Crippen molar-refractivity contribution < 1.29 is 18.3 Å². The summed E-state index contributed by atoms with van der Waals surface area (Å²) in [7, 11) is -2.00. The first-order chi connectivity index (χ1) is 8.09. The molecule has 5 nitrogen and oxygen atoms in total. The second-order valence-electron chi connectivity index (χ2n) is 3.58. The Balaban J connectivity index is 2.71. The first-order valence-electron chi connectivity index (χ1n) is 5.24. The van der Waals surface area contributed by atoms with Crippen molar-refractivity contribution in [2.75, 3.05) is 26.1 Å². The smallest absolute Gasteiger partial charge is 0.214 e. The van der Waals surface area contributed by atoms with Crippen LogP contribution < -0.4 is 4.72 Å². The van der Waals surface area contributed by atoms with Gasteiger partial charge in [-0.15, -0.1) is 0 Å². The topological polar surface area (TPSA) is 75.6 Å². The molecule has 17 heavy (non-hydrogen) atoms. The third kappa shape index (κ3) is 4.82. The van der Waals surface area contributed by atoms with E-state index in [1.165, 1.54) is 7.11 Å². The van der Waals surface area contributed by atoms with Crippen molar-refractivity contribution in [1.29, 1.82) is 0 Å². The van der Waals surface area contributed by atoms with Crippen LogP contribution in [-0.4, -0.2) is 39.6 Å². The molecule has 0 aliphatic carbocycles. The van der Waals surface area contributed by atoms with Crippen LogP contribution in [0, 0.1) is 0 Å². The highest BCUT2D eigenvalue weighted by Crippen LogP contribution is 2.12. The van der Waals surface area contributed by atoms with Crippen molar-refractivity contribution in [1.82, 2.24) is 4.72 Å². The molecule has 1 atom stereocenters. The van der Waals surface area contributed by atoms with E-state index in [1.54, 1.807) is 24.3 Å². The van der Waals surface area contributed by atoms with Gasteiger partial charge >= 0.3 is 0 Å². The number of ether oxygens (including phenoxy) is 1. The summed E-state index contributed by atoms with van der Waals surface area (Å²) in [6.45, 7) is -0.154. The van der Waals surface area contributed by atoms with Gasteiger partial charge in [0.25, 0.3) is 0 Å². The fraction of sp³-hybridized carbons (Fsp3) is 0.455. The van der Waals surface area contributed by atoms with E-state index >= 15 is 0 Å². The van der Waals surface area contributed by atoms with Crippen molar-refractivity contribution in [2.24, 2.45) is 0 Å². The maximum Gasteiger partial charge on any atom is 0.214 e. The monoisotopic (exact) mass is 259 g/mol. The summed E-state index contributed by atoms with van der Waals surface area (Å²) in [5.74, 6) is -0.118. The lowest BCUT2D eigenvalue weighted by Gasteiger charge is -2.16. The Bertz CT molecular complexity index is 418. The molecule has 1 rings (SSSR count). The summed E-state index contributed by atoms with van der Waals surface area (Å²) in [5.41, 5.74) is 0.732. The van der Waals surface area contributed by atoms with Gasteiger partial charge in [-0.2, -0.15) is 0 Å². The van der Waals surface area contributed by atoms with E-state index in [1.807, 2.05) is 6.07 Å². The van der Waals surface area contributed by atoms with Gasteiger partial charge in [-0.05, 0) is 5.56 Å². The molecule has 0 saturated heterocycles. The lowest BCUT2D eigenvalue weighted by Crippen LogP contribution is -2.33. The summed E-state index contributed by atoms with van der Waals surface area (Å²) in [6.07, 6.45) is 0. The van der Waals surface area contributed by atoms with Crippen LogP contribution in [0.4, 0.5) is 0 Å². The third-order valence-corrected chi connectivity index (χ3v) is 3.61. The number of hydrogen-bond acceptors (Lipinski definition) is 4. The fourth-order valence-electron chi connectivity index (χ4n) is 1.36. The molecule has 0 saturated carbocycles. The Morgan fingerprint density at radius 2 is 2.00 bits per heavy atom. The van der Waals surface area contributed by atoms with E-state index in [0.717, 1.165) is 5.56 Å². The fourth-order valence-corrected chi connectivity index (χ4v) is 2.51. The summed E-state index contributed by atoms with van der Waals surface area (Å²) < 4.78 is 30.4. The molecule has 0 aliphatic heterocycles. The molecule has 0 radical (unpaired) electrons. The van der Waals surface area contributed by atoms with Gasteiger partial charge in [0.1, 0.15) is 0 Å². The predicted octanol–water partition coefficient (Wildman–Crippen LogP) is 0.286. The highest BCUT2D eigenvalue weighted by molar-refractivity contribution is 7.89. The average Bonchev–Trinajstić information content (AvgIpc) is 2.35. The number of nitrogens with one attached hydrogen (secondary N) is 1. The number of rotatable bonds is 7. The minimum absolute atomic E-state index is 0.118. The van der Waals surface area contributed by atoms with Gasteiger partial charge in [-0.3, -0.25) is 0 Å².